The Balaban J connectivity index is 2.14. The summed E-state index contributed by atoms with van der Waals surface area (Å²) in [7, 11) is 1.54. The molecule has 1 saturated heterocycles. The minimum atomic E-state index is -0.987. The molecule has 1 N–H and O–H groups in total. The molecule has 0 saturated carbocycles. The fraction of sp³-hybridized carbons (Fsp3) is 0.273. The molecule has 1 fully saturated rings. The first kappa shape index (κ1) is 19.8. The molecule has 5 nitrogen and oxygen atoms in total. The van der Waals surface area contributed by atoms with Gasteiger partial charge in [0.2, 0.25) is 0 Å². The lowest BCUT2D eigenvalue weighted by molar-refractivity contribution is -0.140. The summed E-state index contributed by atoms with van der Waals surface area (Å²) in [4.78, 5) is 26.7. The van der Waals surface area contributed by atoms with Crippen molar-refractivity contribution in [2.75, 3.05) is 20.3 Å². The van der Waals surface area contributed by atoms with Crippen molar-refractivity contribution >= 4 is 17.4 Å². The summed E-state index contributed by atoms with van der Waals surface area (Å²) in [6, 6.07) is 11.9. The normalized spacial score (nSPS) is 18.7. The Hall–Kier alpha value is -2.99. The van der Waals surface area contributed by atoms with E-state index in [0.717, 1.165) is 5.56 Å². The number of Topliss-reactive ketones (excluding diaryl/α,β-unsaturated/α-hetero) is 1. The molecule has 0 aliphatic carbocycles. The van der Waals surface area contributed by atoms with E-state index in [2.05, 4.69) is 0 Å². The summed E-state index contributed by atoms with van der Waals surface area (Å²) in [5.41, 5.74) is 1.47. The molecule has 146 valence electrons. The van der Waals surface area contributed by atoms with Crippen molar-refractivity contribution in [2.45, 2.75) is 19.4 Å². The first-order valence-electron chi connectivity index (χ1n) is 9.04. The number of carbonyl (C=O) groups excluding carboxylic acids is 2. The van der Waals surface area contributed by atoms with E-state index in [1.54, 1.807) is 37.4 Å². The Bertz CT molecular complexity index is 920. The number of hydrogen-bond donors (Lipinski definition) is 1. The summed E-state index contributed by atoms with van der Waals surface area (Å²) in [5.74, 6) is -2.41. The minimum Gasteiger partial charge on any atom is -0.507 e. The van der Waals surface area contributed by atoms with Crippen LogP contribution in [0.4, 0.5) is 4.39 Å². The van der Waals surface area contributed by atoms with Crippen molar-refractivity contribution in [1.29, 1.82) is 0 Å². The van der Waals surface area contributed by atoms with Crippen molar-refractivity contribution < 1.29 is 23.8 Å². The van der Waals surface area contributed by atoms with Crippen LogP contribution in [0.3, 0.4) is 0 Å². The fourth-order valence-corrected chi connectivity index (χ4v) is 3.38. The number of rotatable bonds is 6. The number of nitrogens with zero attached hydrogens (tertiary/aromatic N) is 1. The highest BCUT2D eigenvalue weighted by molar-refractivity contribution is 6.46. The van der Waals surface area contributed by atoms with E-state index in [0.29, 0.717) is 18.6 Å². The highest BCUT2D eigenvalue weighted by Crippen LogP contribution is 2.40. The molecule has 3 rings (SSSR count). The third-order valence-electron chi connectivity index (χ3n) is 4.81. The van der Waals surface area contributed by atoms with E-state index in [1.807, 2.05) is 6.92 Å². The van der Waals surface area contributed by atoms with Crippen LogP contribution in [0.5, 0.6) is 0 Å². The van der Waals surface area contributed by atoms with Gasteiger partial charge in [-0.05, 0) is 19.4 Å². The number of ether oxygens (including phenoxy) is 1. The Morgan fingerprint density at radius 3 is 2.46 bits per heavy atom. The first-order chi connectivity index (χ1) is 13.5. The zero-order valence-electron chi connectivity index (χ0n) is 15.8. The lowest BCUT2D eigenvalue weighted by atomic mass is 9.94. The summed E-state index contributed by atoms with van der Waals surface area (Å²) >= 11 is 0. The summed E-state index contributed by atoms with van der Waals surface area (Å²) in [5, 5.41) is 10.8. The zero-order chi connectivity index (χ0) is 20.3. The van der Waals surface area contributed by atoms with Gasteiger partial charge in [0.05, 0.1) is 11.6 Å². The van der Waals surface area contributed by atoms with Gasteiger partial charge >= 0.3 is 0 Å². The van der Waals surface area contributed by atoms with Crippen LogP contribution >= 0.6 is 0 Å². The van der Waals surface area contributed by atoms with Crippen LogP contribution in [-0.4, -0.2) is 42.0 Å². The third kappa shape index (κ3) is 3.68. The van der Waals surface area contributed by atoms with Gasteiger partial charge < -0.3 is 14.7 Å². The van der Waals surface area contributed by atoms with Crippen LogP contribution in [0, 0.1) is 12.7 Å². The highest BCUT2D eigenvalue weighted by atomic mass is 19.1. The van der Waals surface area contributed by atoms with Gasteiger partial charge in [-0.25, -0.2) is 4.39 Å². The van der Waals surface area contributed by atoms with Gasteiger partial charge in [0.25, 0.3) is 11.7 Å². The van der Waals surface area contributed by atoms with Gasteiger partial charge in [-0.3, -0.25) is 9.59 Å². The molecule has 1 aliphatic heterocycles. The number of hydrogen-bond acceptors (Lipinski definition) is 4. The van der Waals surface area contributed by atoms with E-state index in [9.17, 15) is 19.1 Å². The van der Waals surface area contributed by atoms with Crippen LogP contribution in [-0.2, 0) is 14.3 Å². The molecule has 0 unspecified atom stereocenters. The number of methoxy groups -OCH3 is 1. The number of aliphatic hydroxyl groups excluding tert-OH is 1. The number of carbonyl (C=O) groups is 2. The molecule has 0 bridgehead atoms. The molecule has 1 heterocycles. The van der Waals surface area contributed by atoms with E-state index in [1.165, 1.54) is 23.1 Å². The average Bonchev–Trinajstić information content (AvgIpc) is 2.93. The molecule has 0 radical (unpaired) electrons. The molecular weight excluding hydrogens is 361 g/mol. The molecule has 0 aromatic heterocycles. The van der Waals surface area contributed by atoms with E-state index in [-0.39, 0.29) is 23.4 Å². The third-order valence-corrected chi connectivity index (χ3v) is 4.81. The SMILES string of the molecule is COCCCN1C(=O)C(=O)/C(=C(/O)c2ccc(C)cc2)[C@H]1c1ccccc1F. The number of likely N-dealkylation sites (tertiary alicyclic amines) is 1. The standard InChI is InChI=1S/C22H22FNO4/c1-14-8-10-15(11-9-14)20(25)18-19(16-6-3-4-7-17(16)23)24(12-5-13-28-2)22(27)21(18)26/h3-4,6-11,19,25H,5,12-13H2,1-2H3/b20-18+/t19-/m1/s1. The van der Waals surface area contributed by atoms with E-state index in [4.69, 9.17) is 4.74 Å². The molecule has 1 amide bonds. The van der Waals surface area contributed by atoms with Crippen molar-refractivity contribution in [2.24, 2.45) is 0 Å². The molecule has 2 aromatic rings. The van der Waals surface area contributed by atoms with Gasteiger partial charge in [0.15, 0.2) is 0 Å². The van der Waals surface area contributed by atoms with Crippen LogP contribution in [0.15, 0.2) is 54.1 Å². The maximum absolute atomic E-state index is 14.6. The fourth-order valence-electron chi connectivity index (χ4n) is 3.38. The Kier molecular flexibility index (Phi) is 5.90. The average molecular weight is 383 g/mol. The Labute approximate surface area is 163 Å². The molecular formula is C22H22FNO4. The Morgan fingerprint density at radius 2 is 1.82 bits per heavy atom. The van der Waals surface area contributed by atoms with Gasteiger partial charge in [0, 0.05) is 31.4 Å². The quantitative estimate of drug-likeness (QED) is 0.358. The Morgan fingerprint density at radius 1 is 1.14 bits per heavy atom. The lowest BCUT2D eigenvalue weighted by Gasteiger charge is -2.25. The maximum Gasteiger partial charge on any atom is 0.295 e. The summed E-state index contributed by atoms with van der Waals surface area (Å²) in [6.45, 7) is 2.50. The number of aliphatic hydroxyl groups is 1. The predicted octanol–water partition coefficient (Wildman–Crippen LogP) is 3.59. The number of halogens is 1. The largest absolute Gasteiger partial charge is 0.507 e. The van der Waals surface area contributed by atoms with Gasteiger partial charge in [-0.1, -0.05) is 48.0 Å². The molecule has 2 aromatic carbocycles. The van der Waals surface area contributed by atoms with Crippen molar-refractivity contribution in [3.8, 4) is 0 Å². The first-order valence-corrected chi connectivity index (χ1v) is 9.04. The summed E-state index contributed by atoms with van der Waals surface area (Å²) in [6.07, 6.45) is 0.485. The number of aryl methyl sites for hydroxylation is 1. The van der Waals surface area contributed by atoms with Gasteiger partial charge in [0.1, 0.15) is 11.6 Å². The lowest BCUT2D eigenvalue weighted by Crippen LogP contribution is -2.31. The molecule has 1 atom stereocenters. The van der Waals surface area contributed by atoms with Crippen LogP contribution in [0.1, 0.15) is 29.2 Å². The van der Waals surface area contributed by atoms with Gasteiger partial charge in [-0.15, -0.1) is 0 Å². The predicted molar refractivity (Wildman–Crippen MR) is 103 cm³/mol. The summed E-state index contributed by atoms with van der Waals surface area (Å²) < 4.78 is 19.6. The minimum absolute atomic E-state index is 0.101. The molecule has 28 heavy (non-hydrogen) atoms. The number of benzene rings is 2. The van der Waals surface area contributed by atoms with Crippen molar-refractivity contribution in [1.82, 2.24) is 4.90 Å². The number of ketones is 1. The second-order valence-corrected chi connectivity index (χ2v) is 6.73. The van der Waals surface area contributed by atoms with Crippen LogP contribution in [0.2, 0.25) is 0 Å². The topological polar surface area (TPSA) is 66.8 Å². The molecule has 1 aliphatic rings. The van der Waals surface area contributed by atoms with Gasteiger partial charge in [-0.2, -0.15) is 0 Å². The molecule has 6 heteroatoms. The van der Waals surface area contributed by atoms with Crippen molar-refractivity contribution in [3.63, 3.8) is 0 Å². The zero-order valence-corrected chi connectivity index (χ0v) is 15.8. The second kappa shape index (κ2) is 8.35. The maximum atomic E-state index is 14.6. The highest BCUT2D eigenvalue weighted by Gasteiger charge is 2.46. The number of amides is 1. The smallest absolute Gasteiger partial charge is 0.295 e. The van der Waals surface area contributed by atoms with E-state index < -0.39 is 23.5 Å². The second-order valence-electron chi connectivity index (χ2n) is 6.73. The van der Waals surface area contributed by atoms with E-state index >= 15 is 0 Å². The van der Waals surface area contributed by atoms with Crippen LogP contribution < -0.4 is 0 Å². The monoisotopic (exact) mass is 383 g/mol. The van der Waals surface area contributed by atoms with Crippen LogP contribution in [0.25, 0.3) is 5.76 Å². The van der Waals surface area contributed by atoms with Crippen molar-refractivity contribution in [3.05, 3.63) is 76.6 Å². The molecule has 0 spiro atoms.